The Bertz CT molecular complexity index is 497. The molecule has 4 heteroatoms. The van der Waals surface area contributed by atoms with Gasteiger partial charge in [-0.25, -0.2) is 4.79 Å². The normalized spacial score (nSPS) is 15.3. The summed E-state index contributed by atoms with van der Waals surface area (Å²) in [5, 5.41) is 3.07. The van der Waals surface area contributed by atoms with Gasteiger partial charge in [0.05, 0.1) is 0 Å². The minimum Gasteiger partial charge on any atom is -0.370 e. The van der Waals surface area contributed by atoms with E-state index in [4.69, 9.17) is 0 Å². The molecule has 0 spiro atoms. The SMILES string of the molecule is CCN(CCNC(=O)N(C)C1CCCCC1)c1cccc(C)c1. The smallest absolute Gasteiger partial charge is 0.317 e. The number of nitrogens with one attached hydrogen (secondary N) is 1. The lowest BCUT2D eigenvalue weighted by Crippen LogP contribution is -2.46. The van der Waals surface area contributed by atoms with Crippen molar-refractivity contribution in [3.8, 4) is 0 Å². The second-order valence-corrected chi connectivity index (χ2v) is 6.55. The van der Waals surface area contributed by atoms with Crippen LogP contribution in [0.3, 0.4) is 0 Å². The van der Waals surface area contributed by atoms with Gasteiger partial charge in [0.15, 0.2) is 0 Å². The van der Waals surface area contributed by atoms with Crippen LogP contribution in [0.4, 0.5) is 10.5 Å². The van der Waals surface area contributed by atoms with Crippen molar-refractivity contribution in [1.29, 1.82) is 0 Å². The van der Waals surface area contributed by atoms with E-state index >= 15 is 0 Å². The van der Waals surface area contributed by atoms with Gasteiger partial charge in [-0.15, -0.1) is 0 Å². The van der Waals surface area contributed by atoms with E-state index < -0.39 is 0 Å². The fourth-order valence-electron chi connectivity index (χ4n) is 3.35. The summed E-state index contributed by atoms with van der Waals surface area (Å²) in [5.41, 5.74) is 2.49. The van der Waals surface area contributed by atoms with Crippen LogP contribution in [-0.4, -0.2) is 43.7 Å². The van der Waals surface area contributed by atoms with Crippen LogP contribution in [0, 0.1) is 6.92 Å². The number of likely N-dealkylation sites (N-methyl/N-ethyl adjacent to an activating group) is 1. The van der Waals surface area contributed by atoms with Crippen molar-refractivity contribution >= 4 is 11.7 Å². The van der Waals surface area contributed by atoms with E-state index in [0.717, 1.165) is 25.9 Å². The highest BCUT2D eigenvalue weighted by Gasteiger charge is 2.21. The molecule has 0 atom stereocenters. The van der Waals surface area contributed by atoms with Crippen LogP contribution >= 0.6 is 0 Å². The second-order valence-electron chi connectivity index (χ2n) is 6.55. The number of aryl methyl sites for hydroxylation is 1. The van der Waals surface area contributed by atoms with Gasteiger partial charge in [0.25, 0.3) is 0 Å². The highest BCUT2D eigenvalue weighted by atomic mass is 16.2. The van der Waals surface area contributed by atoms with Crippen LogP contribution in [0.5, 0.6) is 0 Å². The molecule has 1 aromatic carbocycles. The van der Waals surface area contributed by atoms with Gasteiger partial charge in [-0.1, -0.05) is 31.4 Å². The highest BCUT2D eigenvalue weighted by molar-refractivity contribution is 5.74. The van der Waals surface area contributed by atoms with Crippen molar-refractivity contribution in [1.82, 2.24) is 10.2 Å². The van der Waals surface area contributed by atoms with Gasteiger partial charge in [-0.05, 0) is 44.4 Å². The lowest BCUT2D eigenvalue weighted by atomic mass is 9.95. The molecule has 2 amide bonds. The van der Waals surface area contributed by atoms with Crippen molar-refractivity contribution in [2.24, 2.45) is 0 Å². The summed E-state index contributed by atoms with van der Waals surface area (Å²) in [5.74, 6) is 0. The number of carbonyl (C=O) groups is 1. The van der Waals surface area contributed by atoms with E-state index in [0.29, 0.717) is 12.6 Å². The Morgan fingerprint density at radius 2 is 2.00 bits per heavy atom. The van der Waals surface area contributed by atoms with Crippen LogP contribution in [0.15, 0.2) is 24.3 Å². The van der Waals surface area contributed by atoms with Crippen molar-refractivity contribution < 1.29 is 4.79 Å². The average molecular weight is 317 g/mol. The molecule has 2 rings (SSSR count). The molecule has 1 aliphatic rings. The first-order valence-corrected chi connectivity index (χ1v) is 8.94. The zero-order chi connectivity index (χ0) is 16.7. The van der Waals surface area contributed by atoms with Crippen LogP contribution in [0.25, 0.3) is 0 Å². The van der Waals surface area contributed by atoms with E-state index in [9.17, 15) is 4.79 Å². The molecule has 0 saturated heterocycles. The van der Waals surface area contributed by atoms with Crippen LogP contribution in [0.1, 0.15) is 44.6 Å². The lowest BCUT2D eigenvalue weighted by Gasteiger charge is -2.31. The predicted molar refractivity (Wildman–Crippen MR) is 97.1 cm³/mol. The topological polar surface area (TPSA) is 35.6 Å². The summed E-state index contributed by atoms with van der Waals surface area (Å²) in [7, 11) is 1.93. The molecule has 23 heavy (non-hydrogen) atoms. The minimum absolute atomic E-state index is 0.0668. The third kappa shape index (κ3) is 5.15. The van der Waals surface area contributed by atoms with Gasteiger partial charge in [0.2, 0.25) is 0 Å². The number of amides is 2. The molecule has 0 heterocycles. The minimum atomic E-state index is 0.0668. The molecule has 0 aliphatic heterocycles. The monoisotopic (exact) mass is 317 g/mol. The molecule has 1 saturated carbocycles. The first-order chi connectivity index (χ1) is 11.1. The maximum atomic E-state index is 12.3. The standard InChI is InChI=1S/C19H31N3O/c1-4-22(18-12-8-9-16(2)15-18)14-13-20-19(23)21(3)17-10-6-5-7-11-17/h8-9,12,15,17H,4-7,10-11,13-14H2,1-3H3,(H,20,23). The fraction of sp³-hybridized carbons (Fsp3) is 0.632. The second kappa shape index (κ2) is 8.80. The van der Waals surface area contributed by atoms with Crippen molar-refractivity contribution in [2.75, 3.05) is 31.6 Å². The van der Waals surface area contributed by atoms with Crippen LogP contribution in [-0.2, 0) is 0 Å². The van der Waals surface area contributed by atoms with Crippen LogP contribution < -0.4 is 10.2 Å². The zero-order valence-electron chi connectivity index (χ0n) is 14.8. The predicted octanol–water partition coefficient (Wildman–Crippen LogP) is 3.80. The Labute approximate surface area is 140 Å². The number of hydrogen-bond acceptors (Lipinski definition) is 2. The maximum absolute atomic E-state index is 12.3. The average Bonchev–Trinajstić information content (AvgIpc) is 2.58. The molecular formula is C19H31N3O. The van der Waals surface area contributed by atoms with Gasteiger partial charge in [0, 0.05) is 38.4 Å². The van der Waals surface area contributed by atoms with Crippen molar-refractivity contribution in [3.05, 3.63) is 29.8 Å². The molecule has 128 valence electrons. The number of rotatable bonds is 6. The van der Waals surface area contributed by atoms with Gasteiger partial charge in [-0.3, -0.25) is 0 Å². The first kappa shape index (κ1) is 17.6. The van der Waals surface area contributed by atoms with E-state index in [-0.39, 0.29) is 6.03 Å². The van der Waals surface area contributed by atoms with E-state index in [1.807, 2.05) is 11.9 Å². The van der Waals surface area contributed by atoms with Crippen molar-refractivity contribution in [3.63, 3.8) is 0 Å². The van der Waals surface area contributed by atoms with E-state index in [2.05, 4.69) is 48.3 Å². The largest absolute Gasteiger partial charge is 0.370 e. The van der Waals surface area contributed by atoms with Gasteiger partial charge in [0.1, 0.15) is 0 Å². The Kier molecular flexibility index (Phi) is 6.75. The molecule has 0 radical (unpaired) electrons. The van der Waals surface area contributed by atoms with Crippen molar-refractivity contribution in [2.45, 2.75) is 52.0 Å². The summed E-state index contributed by atoms with van der Waals surface area (Å²) in [6, 6.07) is 9.01. The van der Waals surface area contributed by atoms with Gasteiger partial charge < -0.3 is 15.1 Å². The molecule has 0 unspecified atom stereocenters. The Balaban J connectivity index is 1.79. The quantitative estimate of drug-likeness (QED) is 0.866. The zero-order valence-corrected chi connectivity index (χ0v) is 14.8. The molecular weight excluding hydrogens is 286 g/mol. The number of urea groups is 1. The molecule has 1 aromatic rings. The third-order valence-corrected chi connectivity index (χ3v) is 4.85. The van der Waals surface area contributed by atoms with Gasteiger partial charge >= 0.3 is 6.03 Å². The van der Waals surface area contributed by atoms with Gasteiger partial charge in [-0.2, -0.15) is 0 Å². The molecule has 1 aliphatic carbocycles. The Hall–Kier alpha value is -1.71. The summed E-state index contributed by atoms with van der Waals surface area (Å²) in [6.07, 6.45) is 6.11. The first-order valence-electron chi connectivity index (χ1n) is 8.94. The summed E-state index contributed by atoms with van der Waals surface area (Å²) >= 11 is 0. The van der Waals surface area contributed by atoms with E-state index in [1.165, 1.54) is 30.5 Å². The fourth-order valence-corrected chi connectivity index (χ4v) is 3.35. The Morgan fingerprint density at radius 3 is 2.65 bits per heavy atom. The number of nitrogens with zero attached hydrogens (tertiary/aromatic N) is 2. The molecule has 1 N–H and O–H groups in total. The summed E-state index contributed by atoms with van der Waals surface area (Å²) in [4.78, 5) is 16.5. The molecule has 4 nitrogen and oxygen atoms in total. The molecule has 1 fully saturated rings. The molecule has 0 aromatic heterocycles. The third-order valence-electron chi connectivity index (χ3n) is 4.85. The van der Waals surface area contributed by atoms with Crippen LogP contribution in [0.2, 0.25) is 0 Å². The number of hydrogen-bond donors (Lipinski definition) is 1. The van der Waals surface area contributed by atoms with E-state index in [1.54, 1.807) is 0 Å². The maximum Gasteiger partial charge on any atom is 0.317 e. The number of benzene rings is 1. The summed E-state index contributed by atoms with van der Waals surface area (Å²) in [6.45, 7) is 6.72. The number of carbonyl (C=O) groups excluding carboxylic acids is 1. The highest BCUT2D eigenvalue weighted by Crippen LogP contribution is 2.21. The Morgan fingerprint density at radius 1 is 1.26 bits per heavy atom. The lowest BCUT2D eigenvalue weighted by molar-refractivity contribution is 0.174. The summed E-state index contributed by atoms with van der Waals surface area (Å²) < 4.78 is 0. The number of anilines is 1. The molecule has 0 bridgehead atoms.